The minimum Gasteiger partial charge on any atom is -0.484 e. The number of hydrogen-bond acceptors (Lipinski definition) is 5. The standard InChI is InChI=1S/C26H27F2N3O5S/c1-3-29-26(33)18(2)31(16-19-4-6-20(27)7-5-19)25(32)17-36-23-12-14-24(15-13-23)37(34,35)30-22-10-8-21(28)9-11-22/h4-15,18,30H,3,16-17H2,1-2H3,(H,29,33). The van der Waals surface area contributed by atoms with E-state index in [9.17, 15) is 26.8 Å². The molecule has 0 aromatic heterocycles. The SMILES string of the molecule is CCNC(=O)C(C)N(Cc1ccc(F)cc1)C(=O)COc1ccc(S(=O)(=O)Nc2ccc(F)cc2)cc1. The number of sulfonamides is 1. The Bertz CT molecular complexity index is 1320. The van der Waals surface area contributed by atoms with Crippen LogP contribution in [0.5, 0.6) is 5.75 Å². The molecule has 0 heterocycles. The van der Waals surface area contributed by atoms with Gasteiger partial charge in [-0.05, 0) is 80.1 Å². The maximum Gasteiger partial charge on any atom is 0.261 e. The number of rotatable bonds is 11. The molecule has 37 heavy (non-hydrogen) atoms. The van der Waals surface area contributed by atoms with E-state index in [0.717, 1.165) is 12.1 Å². The summed E-state index contributed by atoms with van der Waals surface area (Å²) in [6.07, 6.45) is 0. The summed E-state index contributed by atoms with van der Waals surface area (Å²) >= 11 is 0. The lowest BCUT2D eigenvalue weighted by Crippen LogP contribution is -2.49. The summed E-state index contributed by atoms with van der Waals surface area (Å²) in [7, 11) is -3.93. The van der Waals surface area contributed by atoms with Gasteiger partial charge in [0.15, 0.2) is 6.61 Å². The summed E-state index contributed by atoms with van der Waals surface area (Å²) in [5, 5.41) is 2.67. The van der Waals surface area contributed by atoms with Crippen LogP contribution < -0.4 is 14.8 Å². The highest BCUT2D eigenvalue weighted by Gasteiger charge is 2.26. The van der Waals surface area contributed by atoms with E-state index in [4.69, 9.17) is 4.74 Å². The Morgan fingerprint density at radius 3 is 2.05 bits per heavy atom. The number of nitrogens with zero attached hydrogens (tertiary/aromatic N) is 1. The fourth-order valence-corrected chi connectivity index (χ4v) is 4.42. The van der Waals surface area contributed by atoms with Crippen LogP contribution in [0.25, 0.3) is 0 Å². The second-order valence-corrected chi connectivity index (χ2v) is 9.77. The summed E-state index contributed by atoms with van der Waals surface area (Å²) in [6, 6.07) is 15.1. The molecule has 196 valence electrons. The molecule has 1 unspecified atom stereocenters. The molecule has 8 nitrogen and oxygen atoms in total. The van der Waals surface area contributed by atoms with E-state index in [1.54, 1.807) is 13.8 Å². The number of amides is 2. The first-order valence-corrected chi connectivity index (χ1v) is 12.9. The minimum absolute atomic E-state index is 0.0571. The van der Waals surface area contributed by atoms with Gasteiger partial charge in [0.1, 0.15) is 23.4 Å². The smallest absolute Gasteiger partial charge is 0.261 e. The lowest BCUT2D eigenvalue weighted by atomic mass is 10.1. The zero-order valence-corrected chi connectivity index (χ0v) is 21.1. The number of halogens is 2. The molecule has 2 amide bonds. The molecule has 3 aromatic rings. The Morgan fingerprint density at radius 1 is 0.919 bits per heavy atom. The molecule has 0 fully saturated rings. The largest absolute Gasteiger partial charge is 0.484 e. The Hall–Kier alpha value is -3.99. The Labute approximate surface area is 214 Å². The number of likely N-dealkylation sites (N-methyl/N-ethyl adjacent to an activating group) is 1. The van der Waals surface area contributed by atoms with Crippen LogP contribution in [0.4, 0.5) is 14.5 Å². The van der Waals surface area contributed by atoms with Crippen molar-refractivity contribution in [2.45, 2.75) is 31.3 Å². The van der Waals surface area contributed by atoms with E-state index in [-0.39, 0.29) is 28.8 Å². The van der Waals surface area contributed by atoms with E-state index in [0.29, 0.717) is 12.1 Å². The van der Waals surface area contributed by atoms with E-state index in [2.05, 4.69) is 10.0 Å². The number of anilines is 1. The maximum absolute atomic E-state index is 13.3. The lowest BCUT2D eigenvalue weighted by Gasteiger charge is -2.28. The molecule has 0 spiro atoms. The van der Waals surface area contributed by atoms with Crippen LogP contribution in [0.2, 0.25) is 0 Å². The lowest BCUT2D eigenvalue weighted by molar-refractivity contribution is -0.142. The number of benzene rings is 3. The summed E-state index contributed by atoms with van der Waals surface area (Å²) in [6.45, 7) is 3.39. The zero-order chi connectivity index (χ0) is 27.0. The highest BCUT2D eigenvalue weighted by molar-refractivity contribution is 7.92. The van der Waals surface area contributed by atoms with Crippen molar-refractivity contribution in [2.24, 2.45) is 0 Å². The quantitative estimate of drug-likeness (QED) is 0.393. The van der Waals surface area contributed by atoms with Crippen LogP contribution in [-0.2, 0) is 26.2 Å². The van der Waals surface area contributed by atoms with Gasteiger partial charge in [-0.15, -0.1) is 0 Å². The van der Waals surface area contributed by atoms with Gasteiger partial charge in [0.2, 0.25) is 5.91 Å². The number of nitrogens with one attached hydrogen (secondary N) is 2. The van der Waals surface area contributed by atoms with Gasteiger partial charge in [-0.25, -0.2) is 17.2 Å². The molecule has 0 aliphatic carbocycles. The summed E-state index contributed by atoms with van der Waals surface area (Å²) in [4.78, 5) is 26.7. The van der Waals surface area contributed by atoms with Gasteiger partial charge in [0, 0.05) is 18.8 Å². The van der Waals surface area contributed by atoms with Crippen molar-refractivity contribution in [2.75, 3.05) is 17.9 Å². The van der Waals surface area contributed by atoms with Crippen LogP contribution >= 0.6 is 0 Å². The van der Waals surface area contributed by atoms with Crippen molar-refractivity contribution in [1.82, 2.24) is 10.2 Å². The highest BCUT2D eigenvalue weighted by Crippen LogP contribution is 2.20. The third-order valence-corrected chi connectivity index (χ3v) is 6.77. The average Bonchev–Trinajstić information content (AvgIpc) is 2.88. The van der Waals surface area contributed by atoms with Crippen molar-refractivity contribution in [3.05, 3.63) is 90.0 Å². The number of ether oxygens (including phenoxy) is 1. The first-order valence-electron chi connectivity index (χ1n) is 11.4. The van der Waals surface area contributed by atoms with Crippen molar-refractivity contribution >= 4 is 27.5 Å². The fourth-order valence-electron chi connectivity index (χ4n) is 3.37. The van der Waals surface area contributed by atoms with Gasteiger partial charge in [-0.3, -0.25) is 14.3 Å². The first kappa shape index (κ1) is 27.6. The average molecular weight is 532 g/mol. The third kappa shape index (κ3) is 7.74. The van der Waals surface area contributed by atoms with E-state index in [1.807, 2.05) is 0 Å². The monoisotopic (exact) mass is 531 g/mol. The van der Waals surface area contributed by atoms with Crippen LogP contribution in [-0.4, -0.2) is 44.3 Å². The second-order valence-electron chi connectivity index (χ2n) is 8.09. The van der Waals surface area contributed by atoms with Crippen LogP contribution in [0.3, 0.4) is 0 Å². The molecule has 2 N–H and O–H groups in total. The molecule has 3 aromatic carbocycles. The molecule has 11 heteroatoms. The van der Waals surface area contributed by atoms with Crippen molar-refractivity contribution in [3.63, 3.8) is 0 Å². The Kier molecular flexibility index (Phi) is 9.18. The summed E-state index contributed by atoms with van der Waals surface area (Å²) in [5.74, 6) is -1.50. The molecule has 3 rings (SSSR count). The van der Waals surface area contributed by atoms with E-state index in [1.165, 1.54) is 65.6 Å². The molecule has 0 radical (unpaired) electrons. The molecular formula is C26H27F2N3O5S. The molecule has 0 saturated carbocycles. The van der Waals surface area contributed by atoms with Gasteiger partial charge >= 0.3 is 0 Å². The Morgan fingerprint density at radius 2 is 1.49 bits per heavy atom. The first-order chi connectivity index (χ1) is 17.6. The predicted molar refractivity (Wildman–Crippen MR) is 134 cm³/mol. The van der Waals surface area contributed by atoms with Gasteiger partial charge in [-0.2, -0.15) is 0 Å². The van der Waals surface area contributed by atoms with Gasteiger partial charge in [0.25, 0.3) is 15.9 Å². The van der Waals surface area contributed by atoms with Gasteiger partial charge < -0.3 is 15.0 Å². The minimum atomic E-state index is -3.93. The van der Waals surface area contributed by atoms with Crippen molar-refractivity contribution in [3.8, 4) is 5.75 Å². The van der Waals surface area contributed by atoms with Gasteiger partial charge in [0.05, 0.1) is 4.90 Å². The second kappa shape index (κ2) is 12.3. The third-order valence-electron chi connectivity index (χ3n) is 5.38. The van der Waals surface area contributed by atoms with Crippen molar-refractivity contribution in [1.29, 1.82) is 0 Å². The molecule has 0 saturated heterocycles. The summed E-state index contributed by atoms with van der Waals surface area (Å²) in [5.41, 5.74) is 0.837. The fraction of sp³-hybridized carbons (Fsp3) is 0.231. The molecule has 0 aliphatic heterocycles. The molecular weight excluding hydrogens is 504 g/mol. The normalized spacial score (nSPS) is 11.9. The number of carbonyl (C=O) groups excluding carboxylic acids is 2. The van der Waals surface area contributed by atoms with E-state index < -0.39 is 40.2 Å². The van der Waals surface area contributed by atoms with Gasteiger partial charge in [-0.1, -0.05) is 12.1 Å². The molecule has 1 atom stereocenters. The molecule has 0 bridgehead atoms. The van der Waals surface area contributed by atoms with Crippen LogP contribution in [0.15, 0.2) is 77.7 Å². The number of hydrogen-bond donors (Lipinski definition) is 2. The highest BCUT2D eigenvalue weighted by atomic mass is 32.2. The predicted octanol–water partition coefficient (Wildman–Crippen LogP) is 3.70. The topological polar surface area (TPSA) is 105 Å². The summed E-state index contributed by atoms with van der Waals surface area (Å²) < 4.78 is 59.4. The van der Waals surface area contributed by atoms with E-state index >= 15 is 0 Å². The maximum atomic E-state index is 13.3. The molecule has 0 aliphatic rings. The number of carbonyl (C=O) groups is 2. The zero-order valence-electron chi connectivity index (χ0n) is 20.3. The Balaban J connectivity index is 1.67. The van der Waals surface area contributed by atoms with Crippen molar-refractivity contribution < 1.29 is 31.5 Å². The van der Waals surface area contributed by atoms with Crippen LogP contribution in [0.1, 0.15) is 19.4 Å². The van der Waals surface area contributed by atoms with Crippen LogP contribution in [0, 0.1) is 11.6 Å².